The number of pyridine rings is 1. The van der Waals surface area contributed by atoms with E-state index in [9.17, 15) is 5.11 Å². The van der Waals surface area contributed by atoms with E-state index in [4.69, 9.17) is 0 Å². The molecule has 5 heteroatoms. The second-order valence-electron chi connectivity index (χ2n) is 6.51. The third kappa shape index (κ3) is 3.68. The van der Waals surface area contributed by atoms with E-state index >= 15 is 0 Å². The number of para-hydroxylation sites is 1. The van der Waals surface area contributed by atoms with Crippen molar-refractivity contribution in [2.75, 3.05) is 45.2 Å². The molecule has 0 aliphatic carbocycles. The summed E-state index contributed by atoms with van der Waals surface area (Å²) in [5.41, 5.74) is 1.25. The van der Waals surface area contributed by atoms with Crippen molar-refractivity contribution in [2.45, 2.75) is 16.2 Å². The molecule has 122 valence electrons. The molecule has 0 spiro atoms. The SMILES string of the molecule is C[N+](C)(CCO)CCCN1c2ccccc2Sc2cccnc21. The minimum absolute atomic E-state index is 0.237. The lowest BCUT2D eigenvalue weighted by Crippen LogP contribution is -2.43. The first-order valence-corrected chi connectivity index (χ1v) is 8.85. The molecule has 2 heterocycles. The van der Waals surface area contributed by atoms with E-state index < -0.39 is 0 Å². The molecular weight excluding hydrogens is 306 g/mol. The highest BCUT2D eigenvalue weighted by atomic mass is 32.2. The summed E-state index contributed by atoms with van der Waals surface area (Å²) in [7, 11) is 4.34. The Morgan fingerprint density at radius 1 is 1.09 bits per heavy atom. The summed E-state index contributed by atoms with van der Waals surface area (Å²) < 4.78 is 0.843. The molecule has 1 aromatic heterocycles. The Hall–Kier alpha value is -1.56. The van der Waals surface area contributed by atoms with Crippen LogP contribution in [-0.4, -0.2) is 54.9 Å². The smallest absolute Gasteiger partial charge is 0.147 e. The highest BCUT2D eigenvalue weighted by molar-refractivity contribution is 7.99. The number of fused-ring (bicyclic) bond motifs is 2. The van der Waals surface area contributed by atoms with Crippen LogP contribution >= 0.6 is 11.8 Å². The minimum Gasteiger partial charge on any atom is -0.391 e. The fraction of sp³-hybridized carbons (Fsp3) is 0.389. The topological polar surface area (TPSA) is 36.4 Å². The summed E-state index contributed by atoms with van der Waals surface area (Å²) >= 11 is 1.79. The van der Waals surface area contributed by atoms with Gasteiger partial charge < -0.3 is 14.5 Å². The van der Waals surface area contributed by atoms with Crippen LogP contribution in [0.1, 0.15) is 6.42 Å². The lowest BCUT2D eigenvalue weighted by Gasteiger charge is -2.33. The second-order valence-corrected chi connectivity index (χ2v) is 7.59. The molecule has 0 saturated carbocycles. The number of likely N-dealkylation sites (N-methyl/N-ethyl adjacent to an activating group) is 1. The molecule has 4 nitrogen and oxygen atoms in total. The van der Waals surface area contributed by atoms with E-state index in [2.05, 4.69) is 54.3 Å². The minimum atomic E-state index is 0.237. The fourth-order valence-corrected chi connectivity index (χ4v) is 4.00. The number of hydrogen-bond donors (Lipinski definition) is 1. The van der Waals surface area contributed by atoms with Gasteiger partial charge in [0.1, 0.15) is 12.4 Å². The predicted octanol–water partition coefficient (Wildman–Crippen LogP) is 3.14. The van der Waals surface area contributed by atoms with E-state index in [0.29, 0.717) is 0 Å². The first-order valence-electron chi connectivity index (χ1n) is 8.03. The van der Waals surface area contributed by atoms with Crippen LogP contribution in [0.2, 0.25) is 0 Å². The third-order valence-corrected chi connectivity index (χ3v) is 5.34. The Bertz CT molecular complexity index is 629. The van der Waals surface area contributed by atoms with Crippen molar-refractivity contribution in [2.24, 2.45) is 0 Å². The highest BCUT2D eigenvalue weighted by Crippen LogP contribution is 2.46. The average molecular weight is 330 g/mol. The zero-order valence-corrected chi connectivity index (χ0v) is 14.6. The molecule has 1 N–H and O–H groups in total. The molecule has 1 aliphatic heterocycles. The van der Waals surface area contributed by atoms with Gasteiger partial charge in [0.05, 0.1) is 37.8 Å². The highest BCUT2D eigenvalue weighted by Gasteiger charge is 2.24. The van der Waals surface area contributed by atoms with Crippen LogP contribution in [0.5, 0.6) is 0 Å². The number of aliphatic hydroxyl groups is 1. The number of rotatable bonds is 6. The summed E-state index contributed by atoms with van der Waals surface area (Å²) in [6.45, 7) is 3.01. The van der Waals surface area contributed by atoms with Crippen molar-refractivity contribution in [1.29, 1.82) is 0 Å². The Labute approximate surface area is 142 Å². The van der Waals surface area contributed by atoms with E-state index in [1.165, 1.54) is 15.5 Å². The Morgan fingerprint density at radius 3 is 2.70 bits per heavy atom. The summed E-state index contributed by atoms with van der Waals surface area (Å²) in [6.07, 6.45) is 2.92. The predicted molar refractivity (Wildman–Crippen MR) is 95.4 cm³/mol. The van der Waals surface area contributed by atoms with Crippen LogP contribution in [0.4, 0.5) is 11.5 Å². The largest absolute Gasteiger partial charge is 0.391 e. The van der Waals surface area contributed by atoms with Gasteiger partial charge in [0.25, 0.3) is 0 Å². The maximum atomic E-state index is 9.17. The van der Waals surface area contributed by atoms with Crippen molar-refractivity contribution in [3.8, 4) is 0 Å². The number of anilines is 2. The number of hydrogen-bond acceptors (Lipinski definition) is 4. The van der Waals surface area contributed by atoms with Gasteiger partial charge in [0.15, 0.2) is 0 Å². The first-order chi connectivity index (χ1) is 11.1. The summed E-state index contributed by atoms with van der Waals surface area (Å²) in [5.74, 6) is 1.06. The zero-order chi connectivity index (χ0) is 16.3. The molecule has 2 aromatic rings. The Kier molecular flexibility index (Phi) is 4.90. The Morgan fingerprint density at radius 2 is 1.87 bits per heavy atom. The van der Waals surface area contributed by atoms with Gasteiger partial charge in [-0.3, -0.25) is 0 Å². The molecular formula is C18H24N3OS+. The van der Waals surface area contributed by atoms with E-state index in [0.717, 1.165) is 36.4 Å². The van der Waals surface area contributed by atoms with E-state index in [1.54, 1.807) is 11.8 Å². The molecule has 0 bridgehead atoms. The van der Waals surface area contributed by atoms with Gasteiger partial charge in [0, 0.05) is 24.1 Å². The maximum Gasteiger partial charge on any atom is 0.147 e. The standard InChI is InChI=1S/C18H24N3OS/c1-21(2,13-14-22)12-6-11-20-15-7-3-4-8-16(15)23-17-9-5-10-19-18(17)20/h3-5,7-10,22H,6,11-14H2,1-2H3/q+1. The molecule has 0 fully saturated rings. The average Bonchev–Trinajstić information content (AvgIpc) is 2.54. The van der Waals surface area contributed by atoms with E-state index in [1.807, 2.05) is 12.3 Å². The summed E-state index contributed by atoms with van der Waals surface area (Å²) in [5, 5.41) is 9.17. The Balaban J connectivity index is 1.79. The van der Waals surface area contributed by atoms with Gasteiger partial charge in [-0.25, -0.2) is 4.98 Å². The van der Waals surface area contributed by atoms with Crippen molar-refractivity contribution in [3.05, 3.63) is 42.6 Å². The van der Waals surface area contributed by atoms with Gasteiger partial charge in [-0.2, -0.15) is 0 Å². The number of nitrogens with zero attached hydrogens (tertiary/aromatic N) is 3. The summed E-state index contributed by atoms with van der Waals surface area (Å²) in [6, 6.07) is 12.7. The molecule has 3 rings (SSSR count). The van der Waals surface area contributed by atoms with Crippen molar-refractivity contribution < 1.29 is 9.59 Å². The first kappa shape index (κ1) is 16.3. The van der Waals surface area contributed by atoms with Gasteiger partial charge >= 0.3 is 0 Å². The normalized spacial score (nSPS) is 13.6. The lowest BCUT2D eigenvalue weighted by atomic mass is 10.2. The van der Waals surface area contributed by atoms with Crippen LogP contribution in [0.15, 0.2) is 52.4 Å². The molecule has 0 saturated heterocycles. The van der Waals surface area contributed by atoms with Gasteiger partial charge in [-0.05, 0) is 24.3 Å². The maximum absolute atomic E-state index is 9.17. The van der Waals surface area contributed by atoms with E-state index in [-0.39, 0.29) is 6.61 Å². The summed E-state index contributed by atoms with van der Waals surface area (Å²) in [4.78, 5) is 9.45. The van der Waals surface area contributed by atoms with Gasteiger partial charge in [-0.1, -0.05) is 23.9 Å². The number of quaternary nitrogens is 1. The quantitative estimate of drug-likeness (QED) is 0.826. The zero-order valence-electron chi connectivity index (χ0n) is 13.8. The molecule has 0 amide bonds. The van der Waals surface area contributed by atoms with Crippen molar-refractivity contribution in [3.63, 3.8) is 0 Å². The molecule has 23 heavy (non-hydrogen) atoms. The molecule has 1 aromatic carbocycles. The molecule has 0 unspecified atom stereocenters. The number of aromatic nitrogens is 1. The van der Waals surface area contributed by atoms with Crippen LogP contribution in [-0.2, 0) is 0 Å². The van der Waals surface area contributed by atoms with Crippen LogP contribution in [0, 0.1) is 0 Å². The van der Waals surface area contributed by atoms with Crippen molar-refractivity contribution in [1.82, 2.24) is 4.98 Å². The lowest BCUT2D eigenvalue weighted by molar-refractivity contribution is -0.890. The van der Waals surface area contributed by atoms with Crippen LogP contribution in [0.25, 0.3) is 0 Å². The molecule has 0 radical (unpaired) electrons. The molecule has 0 atom stereocenters. The second kappa shape index (κ2) is 6.91. The fourth-order valence-electron chi connectivity index (χ4n) is 2.93. The van der Waals surface area contributed by atoms with Gasteiger partial charge in [0.2, 0.25) is 0 Å². The monoisotopic (exact) mass is 330 g/mol. The number of aliphatic hydroxyl groups excluding tert-OH is 1. The van der Waals surface area contributed by atoms with Crippen molar-refractivity contribution >= 4 is 23.3 Å². The molecule has 1 aliphatic rings. The van der Waals surface area contributed by atoms with Crippen LogP contribution in [0.3, 0.4) is 0 Å². The van der Waals surface area contributed by atoms with Gasteiger partial charge in [-0.15, -0.1) is 0 Å². The third-order valence-electron chi connectivity index (χ3n) is 4.23. The van der Waals surface area contributed by atoms with Crippen LogP contribution < -0.4 is 4.90 Å². The number of benzene rings is 1.